The largest absolute Gasteiger partial charge is 0.372 e. The van der Waals surface area contributed by atoms with Gasteiger partial charge in [-0.05, 0) is 98.3 Å². The lowest BCUT2D eigenvalue weighted by atomic mass is 10.1. The molecule has 33 heavy (non-hydrogen) atoms. The Hall–Kier alpha value is -3.34. The maximum Gasteiger partial charge on any atom is 0.0887 e. The molecule has 1 aliphatic rings. The van der Waals surface area contributed by atoms with Crippen molar-refractivity contribution in [2.75, 3.05) is 18.0 Å². The van der Waals surface area contributed by atoms with Gasteiger partial charge in [-0.15, -0.1) is 0 Å². The summed E-state index contributed by atoms with van der Waals surface area (Å²) in [5.74, 6) is 0. The minimum Gasteiger partial charge on any atom is -0.372 e. The monoisotopic (exact) mass is 439 g/mol. The second-order valence-electron chi connectivity index (χ2n) is 8.70. The van der Waals surface area contributed by atoms with Crippen molar-refractivity contribution in [3.8, 4) is 0 Å². The molecule has 0 aromatic heterocycles. The van der Waals surface area contributed by atoms with E-state index >= 15 is 0 Å². The van der Waals surface area contributed by atoms with Gasteiger partial charge in [0.15, 0.2) is 0 Å². The molecule has 3 aromatic carbocycles. The number of nitrogens with zero attached hydrogens (tertiary/aromatic N) is 5. The van der Waals surface area contributed by atoms with E-state index in [9.17, 15) is 0 Å². The van der Waals surface area contributed by atoms with Crippen LogP contribution in [0.3, 0.4) is 0 Å². The van der Waals surface area contributed by atoms with Crippen molar-refractivity contribution in [2.45, 2.75) is 52.4 Å². The number of aryl methyl sites for hydroxylation is 2. The normalized spacial score (nSPS) is 14.1. The molecule has 1 saturated heterocycles. The lowest BCUT2D eigenvalue weighted by molar-refractivity contribution is 0.717. The second kappa shape index (κ2) is 11.5. The van der Waals surface area contributed by atoms with E-state index in [1.54, 1.807) is 0 Å². The summed E-state index contributed by atoms with van der Waals surface area (Å²) in [5, 5.41) is 17.6. The van der Waals surface area contributed by atoms with Crippen molar-refractivity contribution < 1.29 is 0 Å². The average molecular weight is 440 g/mol. The molecule has 0 radical (unpaired) electrons. The summed E-state index contributed by atoms with van der Waals surface area (Å²) in [4.78, 5) is 2.42. The molecule has 5 heteroatoms. The minimum atomic E-state index is 0.812. The molecule has 0 saturated carbocycles. The number of unbranched alkanes of at least 4 members (excludes halogenated alkanes) is 2. The van der Waals surface area contributed by atoms with Gasteiger partial charge in [0, 0.05) is 18.8 Å². The SMILES string of the molecule is CCCCCc1ccc(/N=N/c2ccc(/N=N/c3ccc(N4CCCC4)cc3)cc2C)cc1. The number of hydrogen-bond donors (Lipinski definition) is 0. The van der Waals surface area contributed by atoms with E-state index in [1.807, 2.05) is 49.4 Å². The third-order valence-electron chi connectivity index (χ3n) is 6.06. The third kappa shape index (κ3) is 6.58. The zero-order chi connectivity index (χ0) is 22.9. The van der Waals surface area contributed by atoms with Gasteiger partial charge in [0.2, 0.25) is 0 Å². The van der Waals surface area contributed by atoms with Crippen LogP contribution in [0.25, 0.3) is 0 Å². The number of hydrogen-bond acceptors (Lipinski definition) is 5. The summed E-state index contributed by atoms with van der Waals surface area (Å²) in [7, 11) is 0. The van der Waals surface area contributed by atoms with Crippen molar-refractivity contribution in [1.82, 2.24) is 0 Å². The first kappa shape index (κ1) is 22.8. The number of rotatable bonds is 9. The predicted molar refractivity (Wildman–Crippen MR) is 137 cm³/mol. The Morgan fingerprint density at radius 1 is 0.697 bits per heavy atom. The molecule has 1 fully saturated rings. The fraction of sp³-hybridized carbons (Fsp3) is 0.357. The molecule has 3 aromatic rings. The van der Waals surface area contributed by atoms with Gasteiger partial charge in [0.1, 0.15) is 0 Å². The highest BCUT2D eigenvalue weighted by molar-refractivity contribution is 5.55. The summed E-state index contributed by atoms with van der Waals surface area (Å²) in [6.45, 7) is 6.55. The number of azo groups is 2. The molecule has 1 aliphatic heterocycles. The van der Waals surface area contributed by atoms with Gasteiger partial charge < -0.3 is 4.90 Å². The van der Waals surface area contributed by atoms with Crippen molar-refractivity contribution in [3.63, 3.8) is 0 Å². The van der Waals surface area contributed by atoms with Gasteiger partial charge in [0.05, 0.1) is 22.7 Å². The Morgan fingerprint density at radius 3 is 1.97 bits per heavy atom. The Labute approximate surface area is 197 Å². The molecule has 0 unspecified atom stereocenters. The Bertz CT molecular complexity index is 1080. The van der Waals surface area contributed by atoms with Crippen LogP contribution in [-0.2, 0) is 6.42 Å². The Balaban J connectivity index is 1.35. The quantitative estimate of drug-likeness (QED) is 0.242. The van der Waals surface area contributed by atoms with Crippen molar-refractivity contribution in [1.29, 1.82) is 0 Å². The third-order valence-corrected chi connectivity index (χ3v) is 6.06. The zero-order valence-electron chi connectivity index (χ0n) is 19.7. The van der Waals surface area contributed by atoms with E-state index in [-0.39, 0.29) is 0 Å². The van der Waals surface area contributed by atoms with Gasteiger partial charge in [0.25, 0.3) is 0 Å². The average Bonchev–Trinajstić information content (AvgIpc) is 3.39. The van der Waals surface area contributed by atoms with E-state index in [4.69, 9.17) is 0 Å². The first-order valence-electron chi connectivity index (χ1n) is 12.1. The van der Waals surface area contributed by atoms with Crippen LogP contribution in [0.2, 0.25) is 0 Å². The number of benzene rings is 3. The maximum absolute atomic E-state index is 4.44. The molecule has 0 N–H and O–H groups in total. The van der Waals surface area contributed by atoms with Crippen LogP contribution in [-0.4, -0.2) is 13.1 Å². The van der Waals surface area contributed by atoms with Gasteiger partial charge in [-0.1, -0.05) is 31.9 Å². The highest BCUT2D eigenvalue weighted by atomic mass is 15.1. The highest BCUT2D eigenvalue weighted by Gasteiger charge is 2.11. The van der Waals surface area contributed by atoms with Gasteiger partial charge in [-0.25, -0.2) is 0 Å². The van der Waals surface area contributed by atoms with Gasteiger partial charge >= 0.3 is 0 Å². The van der Waals surface area contributed by atoms with E-state index < -0.39 is 0 Å². The van der Waals surface area contributed by atoms with Crippen LogP contribution in [0.5, 0.6) is 0 Å². The molecular formula is C28H33N5. The van der Waals surface area contributed by atoms with E-state index in [2.05, 4.69) is 56.5 Å². The zero-order valence-corrected chi connectivity index (χ0v) is 19.7. The van der Waals surface area contributed by atoms with Crippen molar-refractivity contribution in [3.05, 3.63) is 77.9 Å². The highest BCUT2D eigenvalue weighted by Crippen LogP contribution is 2.28. The molecule has 5 nitrogen and oxygen atoms in total. The topological polar surface area (TPSA) is 52.7 Å². The Morgan fingerprint density at radius 2 is 1.30 bits per heavy atom. The van der Waals surface area contributed by atoms with Crippen LogP contribution in [0.1, 0.15) is 50.2 Å². The Kier molecular flexibility index (Phi) is 7.96. The standard InChI is InChI=1S/C28H33N5/c1-3-4-5-8-23-9-11-24(12-10-23)30-32-28-18-15-26(21-22(28)2)31-29-25-13-16-27(17-14-25)33-19-6-7-20-33/h9-18,21H,3-8,19-20H2,1-2H3/b31-29+,32-30+. The van der Waals surface area contributed by atoms with Gasteiger partial charge in [-0.2, -0.15) is 20.5 Å². The molecule has 0 spiro atoms. The number of anilines is 1. The van der Waals surface area contributed by atoms with Crippen LogP contribution in [0, 0.1) is 6.92 Å². The molecule has 1 heterocycles. The molecule has 0 bridgehead atoms. The summed E-state index contributed by atoms with van der Waals surface area (Å²) < 4.78 is 0. The van der Waals surface area contributed by atoms with Crippen LogP contribution >= 0.6 is 0 Å². The van der Waals surface area contributed by atoms with Crippen molar-refractivity contribution >= 4 is 28.4 Å². The van der Waals surface area contributed by atoms with E-state index in [1.165, 1.54) is 43.4 Å². The van der Waals surface area contributed by atoms with E-state index in [0.29, 0.717) is 0 Å². The summed E-state index contributed by atoms with van der Waals surface area (Å²) >= 11 is 0. The lowest BCUT2D eigenvalue weighted by Crippen LogP contribution is -2.17. The van der Waals surface area contributed by atoms with E-state index in [0.717, 1.165) is 47.8 Å². The van der Waals surface area contributed by atoms with Crippen molar-refractivity contribution in [2.24, 2.45) is 20.5 Å². The van der Waals surface area contributed by atoms with Crippen LogP contribution in [0.15, 0.2) is 87.2 Å². The molecular weight excluding hydrogens is 406 g/mol. The van der Waals surface area contributed by atoms with Crippen LogP contribution in [0.4, 0.5) is 28.4 Å². The smallest absolute Gasteiger partial charge is 0.0887 e. The predicted octanol–water partition coefficient (Wildman–Crippen LogP) is 9.16. The first-order valence-corrected chi connectivity index (χ1v) is 12.1. The molecule has 4 rings (SSSR count). The summed E-state index contributed by atoms with van der Waals surface area (Å²) in [6, 6.07) is 22.6. The van der Waals surface area contributed by atoms with Gasteiger partial charge in [-0.3, -0.25) is 0 Å². The maximum atomic E-state index is 4.44. The fourth-order valence-electron chi connectivity index (χ4n) is 4.05. The first-order chi connectivity index (χ1) is 16.2. The summed E-state index contributed by atoms with van der Waals surface area (Å²) in [6.07, 6.45) is 7.45. The fourth-order valence-corrected chi connectivity index (χ4v) is 4.05. The molecule has 0 atom stereocenters. The molecule has 170 valence electrons. The lowest BCUT2D eigenvalue weighted by Gasteiger charge is -2.17. The summed E-state index contributed by atoms with van der Waals surface area (Å²) in [5.41, 5.74) is 7.03. The molecule has 0 aliphatic carbocycles. The second-order valence-corrected chi connectivity index (χ2v) is 8.70. The minimum absolute atomic E-state index is 0.812. The van der Waals surface area contributed by atoms with Crippen LogP contribution < -0.4 is 4.90 Å². The molecule has 0 amide bonds.